The van der Waals surface area contributed by atoms with Crippen LogP contribution in [0.4, 0.5) is 5.69 Å². The van der Waals surface area contributed by atoms with Gasteiger partial charge in [0.05, 0.1) is 10.3 Å². The highest BCUT2D eigenvalue weighted by molar-refractivity contribution is 7.89. The van der Waals surface area contributed by atoms with E-state index in [9.17, 15) is 18.0 Å². The van der Waals surface area contributed by atoms with Crippen LogP contribution in [0.2, 0.25) is 0 Å². The van der Waals surface area contributed by atoms with Crippen molar-refractivity contribution in [2.24, 2.45) is 0 Å². The molecule has 0 aromatic heterocycles. The van der Waals surface area contributed by atoms with Gasteiger partial charge in [0, 0.05) is 37.9 Å². The summed E-state index contributed by atoms with van der Waals surface area (Å²) in [6.07, 6.45) is 10.8. The molecule has 2 aliphatic heterocycles. The number of benzene rings is 1. The largest absolute Gasteiger partial charge is 0.324 e. The molecule has 3 atom stereocenters. The average Bonchev–Trinajstić information content (AvgIpc) is 2.93. The quantitative estimate of drug-likeness (QED) is 0.419. The van der Waals surface area contributed by atoms with E-state index in [0.29, 0.717) is 29.9 Å². The molecule has 3 fully saturated rings. The average molecular weight is 603 g/mol. The van der Waals surface area contributed by atoms with Crippen LogP contribution in [0.3, 0.4) is 0 Å². The van der Waals surface area contributed by atoms with Crippen molar-refractivity contribution in [3.05, 3.63) is 23.8 Å². The van der Waals surface area contributed by atoms with E-state index in [2.05, 4.69) is 15.6 Å². The van der Waals surface area contributed by atoms with Crippen molar-refractivity contribution in [3.8, 4) is 0 Å². The Morgan fingerprint density at radius 1 is 1.13 bits per heavy atom. The summed E-state index contributed by atoms with van der Waals surface area (Å²) in [4.78, 5) is 27.8. The summed E-state index contributed by atoms with van der Waals surface area (Å²) in [5.74, 6) is -0.958. The van der Waals surface area contributed by atoms with Crippen molar-refractivity contribution < 1.29 is 18.0 Å². The highest BCUT2D eigenvalue weighted by Gasteiger charge is 2.35. The van der Waals surface area contributed by atoms with Gasteiger partial charge in [0.2, 0.25) is 15.9 Å². The van der Waals surface area contributed by atoms with Crippen LogP contribution >= 0.6 is 23.2 Å². The Morgan fingerprint density at radius 3 is 2.59 bits per heavy atom. The van der Waals surface area contributed by atoms with Crippen molar-refractivity contribution >= 4 is 50.7 Å². The second kappa shape index (κ2) is 13.5. The van der Waals surface area contributed by atoms with Gasteiger partial charge in [-0.2, -0.15) is 0 Å². The number of halogens is 2. The lowest BCUT2D eigenvalue weighted by Gasteiger charge is -2.43. The maximum absolute atomic E-state index is 13.6. The van der Waals surface area contributed by atoms with Crippen LogP contribution in [0.25, 0.3) is 0 Å². The first-order chi connectivity index (χ1) is 18.6. The molecule has 3 aliphatic rings. The Labute approximate surface area is 242 Å². The van der Waals surface area contributed by atoms with Crippen molar-refractivity contribution in [2.75, 3.05) is 38.5 Å². The minimum absolute atomic E-state index is 0.161. The highest BCUT2D eigenvalue weighted by atomic mass is 35.5. The number of piperidine rings is 1. The van der Waals surface area contributed by atoms with Crippen LogP contribution in [-0.4, -0.2) is 90.5 Å². The summed E-state index contributed by atoms with van der Waals surface area (Å²) in [5.41, 5.74) is 3.74. The zero-order chi connectivity index (χ0) is 28.2. The Balaban J connectivity index is 1.38. The number of alkyl halides is 2. The van der Waals surface area contributed by atoms with Crippen LogP contribution in [0, 0.1) is 6.92 Å². The second-order valence-corrected chi connectivity index (χ2v) is 14.1. The molecule has 2 heterocycles. The van der Waals surface area contributed by atoms with Crippen molar-refractivity contribution in [1.29, 1.82) is 0 Å². The fraction of sp³-hybridized carbons (Fsp3) is 0.704. The third kappa shape index (κ3) is 7.45. The van der Waals surface area contributed by atoms with E-state index in [1.54, 1.807) is 26.1 Å². The monoisotopic (exact) mass is 601 g/mol. The molecule has 218 valence electrons. The van der Waals surface area contributed by atoms with Gasteiger partial charge in [0.25, 0.3) is 5.91 Å². The second-order valence-electron chi connectivity index (χ2n) is 11.0. The molecule has 9 nitrogen and oxygen atoms in total. The molecule has 1 aromatic carbocycles. The molecule has 0 radical (unpaired) electrons. The number of carbonyl (C=O) groups is 2. The van der Waals surface area contributed by atoms with Gasteiger partial charge in [-0.3, -0.25) is 19.5 Å². The molecule has 2 saturated heterocycles. The van der Waals surface area contributed by atoms with Gasteiger partial charge in [-0.15, -0.1) is 23.2 Å². The lowest BCUT2D eigenvalue weighted by Crippen LogP contribution is -2.58. The predicted molar refractivity (Wildman–Crippen MR) is 154 cm³/mol. The third-order valence-electron chi connectivity index (χ3n) is 8.25. The number of aryl methyl sites for hydroxylation is 1. The van der Waals surface area contributed by atoms with E-state index in [4.69, 9.17) is 23.2 Å². The molecule has 4 rings (SSSR count). The minimum Gasteiger partial charge on any atom is -0.324 e. The van der Waals surface area contributed by atoms with E-state index in [0.717, 1.165) is 24.4 Å². The number of sulfonamides is 1. The zero-order valence-corrected chi connectivity index (χ0v) is 25.2. The molecule has 3 unspecified atom stereocenters. The van der Waals surface area contributed by atoms with Crippen LogP contribution in [0.1, 0.15) is 63.4 Å². The molecule has 1 saturated carbocycles. The van der Waals surface area contributed by atoms with Crippen LogP contribution in [0.15, 0.2) is 23.1 Å². The Hall–Kier alpha value is -1.43. The highest BCUT2D eigenvalue weighted by Crippen LogP contribution is 2.31. The molecule has 1 aromatic rings. The van der Waals surface area contributed by atoms with Gasteiger partial charge in [-0.25, -0.2) is 18.1 Å². The Morgan fingerprint density at radius 2 is 1.85 bits per heavy atom. The molecule has 0 spiro atoms. The van der Waals surface area contributed by atoms with Crippen molar-refractivity contribution in [1.82, 2.24) is 19.6 Å². The number of rotatable bonds is 9. The standard InChI is InChI=1S/C27H41Cl2N5O4S/c1-19-11-12-20(31-25(35)18-34-27(36)26(29)23(28)17-30-34)16-24(19)39(37,38)32(2)15-13-22-10-6-7-14-33(22)21-8-4-3-5-9-21/h11-12,16,21-23,26,30H,3-10,13-15,17-18H2,1-2H3,(H,31,35). The number of carbonyl (C=O) groups excluding carboxylic acids is 2. The number of likely N-dealkylation sites (tertiary alicyclic amines) is 1. The SMILES string of the molecule is Cc1ccc(NC(=O)CN2NCC(Cl)C(Cl)C2=O)cc1S(=O)(=O)N(C)CCC1CCCCN1C1CCCCC1. The fourth-order valence-corrected chi connectivity index (χ4v) is 7.78. The van der Waals surface area contributed by atoms with Crippen LogP contribution in [-0.2, 0) is 19.6 Å². The normalized spacial score (nSPS) is 25.7. The van der Waals surface area contributed by atoms with E-state index < -0.39 is 32.6 Å². The smallest absolute Gasteiger partial charge is 0.256 e. The van der Waals surface area contributed by atoms with Gasteiger partial charge >= 0.3 is 0 Å². The first kappa shape index (κ1) is 30.5. The number of nitrogens with one attached hydrogen (secondary N) is 2. The summed E-state index contributed by atoms with van der Waals surface area (Å²) in [6, 6.07) is 5.87. The van der Waals surface area contributed by atoms with Crippen molar-refractivity contribution in [3.63, 3.8) is 0 Å². The number of hydrazine groups is 1. The topological polar surface area (TPSA) is 102 Å². The predicted octanol–water partition coefficient (Wildman–Crippen LogP) is 3.69. The lowest BCUT2D eigenvalue weighted by atomic mass is 9.89. The molecular formula is C27H41Cl2N5O4S. The van der Waals surface area contributed by atoms with Crippen molar-refractivity contribution in [2.45, 2.75) is 92.4 Å². The number of hydrogen-bond donors (Lipinski definition) is 2. The molecule has 1 aliphatic carbocycles. The molecule has 2 N–H and O–H groups in total. The summed E-state index contributed by atoms with van der Waals surface area (Å²) in [6.45, 7) is 3.28. The molecule has 0 bridgehead atoms. The minimum atomic E-state index is -3.77. The van der Waals surface area contributed by atoms with Gasteiger partial charge in [0.15, 0.2) is 0 Å². The van der Waals surface area contributed by atoms with E-state index in [-0.39, 0.29) is 18.0 Å². The summed E-state index contributed by atoms with van der Waals surface area (Å²) in [5, 5.41) is 2.35. The van der Waals surface area contributed by atoms with Gasteiger partial charge in [-0.05, 0) is 63.3 Å². The lowest BCUT2D eigenvalue weighted by molar-refractivity contribution is -0.139. The van der Waals surface area contributed by atoms with Crippen LogP contribution < -0.4 is 10.7 Å². The molecular weight excluding hydrogens is 561 g/mol. The Bertz CT molecular complexity index is 1130. The third-order valence-corrected chi connectivity index (χ3v) is 11.3. The number of hydrogen-bond acceptors (Lipinski definition) is 6. The number of anilines is 1. The van der Waals surface area contributed by atoms with Gasteiger partial charge < -0.3 is 5.32 Å². The van der Waals surface area contributed by atoms with E-state index in [1.807, 2.05) is 0 Å². The van der Waals surface area contributed by atoms with Crippen LogP contribution in [0.5, 0.6) is 0 Å². The van der Waals surface area contributed by atoms with E-state index >= 15 is 0 Å². The van der Waals surface area contributed by atoms with Gasteiger partial charge in [0.1, 0.15) is 11.9 Å². The summed E-state index contributed by atoms with van der Waals surface area (Å²) < 4.78 is 28.6. The maximum Gasteiger partial charge on any atom is 0.256 e. The summed E-state index contributed by atoms with van der Waals surface area (Å²) in [7, 11) is -2.13. The molecule has 12 heteroatoms. The van der Waals surface area contributed by atoms with Gasteiger partial charge in [-0.1, -0.05) is 31.7 Å². The molecule has 39 heavy (non-hydrogen) atoms. The first-order valence-electron chi connectivity index (χ1n) is 14.0. The maximum atomic E-state index is 13.6. The zero-order valence-electron chi connectivity index (χ0n) is 22.9. The Kier molecular flexibility index (Phi) is 10.6. The molecule has 2 amide bonds. The van der Waals surface area contributed by atoms with E-state index in [1.165, 1.54) is 55.3 Å². The number of amides is 2. The summed E-state index contributed by atoms with van der Waals surface area (Å²) >= 11 is 12.0. The fourth-order valence-electron chi connectivity index (χ4n) is 5.96. The first-order valence-corrected chi connectivity index (χ1v) is 16.3. The number of nitrogens with zero attached hydrogens (tertiary/aromatic N) is 3.